The van der Waals surface area contributed by atoms with Gasteiger partial charge in [0.15, 0.2) is 0 Å². The van der Waals surface area contributed by atoms with Gasteiger partial charge >= 0.3 is 0 Å². The van der Waals surface area contributed by atoms with E-state index in [0.717, 1.165) is 10.8 Å². The quantitative estimate of drug-likeness (QED) is 0.840. The lowest BCUT2D eigenvalue weighted by molar-refractivity contribution is 0.831. The number of benzene rings is 2. The molecule has 2 N–H and O–H groups in total. The zero-order valence-electron chi connectivity index (χ0n) is 9.34. The summed E-state index contributed by atoms with van der Waals surface area (Å²) in [5.41, 5.74) is 7.30. The Morgan fingerprint density at radius 2 is 1.65 bits per heavy atom. The van der Waals surface area contributed by atoms with Gasteiger partial charge in [-0.15, -0.1) is 11.8 Å². The van der Waals surface area contributed by atoms with Crippen LogP contribution in [0.3, 0.4) is 0 Å². The highest BCUT2D eigenvalue weighted by Crippen LogP contribution is 2.24. The van der Waals surface area contributed by atoms with Crippen LogP contribution in [0, 0.1) is 0 Å². The fraction of sp³-hybridized carbons (Fsp3) is 0.143. The zero-order valence-corrected chi connectivity index (χ0v) is 10.9. The summed E-state index contributed by atoms with van der Waals surface area (Å²) in [5.74, 6) is 0.867. The summed E-state index contributed by atoms with van der Waals surface area (Å²) >= 11 is 7.58. The molecule has 0 aliphatic heterocycles. The lowest BCUT2D eigenvalue weighted by Crippen LogP contribution is -2.12. The minimum Gasteiger partial charge on any atom is -0.323 e. The van der Waals surface area contributed by atoms with Crippen molar-refractivity contribution in [2.24, 2.45) is 5.73 Å². The lowest BCUT2D eigenvalue weighted by atomic mass is 10.1. The summed E-state index contributed by atoms with van der Waals surface area (Å²) in [6.45, 7) is 0. The summed E-state index contributed by atoms with van der Waals surface area (Å²) < 4.78 is 0. The fourth-order valence-electron chi connectivity index (χ4n) is 1.51. The summed E-state index contributed by atoms with van der Waals surface area (Å²) in [6.07, 6.45) is 0. The zero-order chi connectivity index (χ0) is 12.1. The van der Waals surface area contributed by atoms with E-state index in [9.17, 15) is 0 Å². The van der Waals surface area contributed by atoms with Crippen LogP contribution in [-0.4, -0.2) is 5.75 Å². The second-order valence-corrected chi connectivity index (χ2v) is 5.31. The molecule has 0 heterocycles. The molecule has 0 unspecified atom stereocenters. The van der Waals surface area contributed by atoms with Crippen molar-refractivity contribution in [3.63, 3.8) is 0 Å². The minimum atomic E-state index is 0.0666. The van der Waals surface area contributed by atoms with Gasteiger partial charge in [0.25, 0.3) is 0 Å². The van der Waals surface area contributed by atoms with E-state index in [1.807, 2.05) is 42.5 Å². The Morgan fingerprint density at radius 1 is 1.00 bits per heavy atom. The van der Waals surface area contributed by atoms with Crippen LogP contribution >= 0.6 is 23.4 Å². The van der Waals surface area contributed by atoms with Crippen LogP contribution < -0.4 is 5.73 Å². The van der Waals surface area contributed by atoms with Crippen molar-refractivity contribution in [3.8, 4) is 0 Å². The molecule has 0 saturated heterocycles. The van der Waals surface area contributed by atoms with Crippen LogP contribution in [0.25, 0.3) is 0 Å². The first-order valence-corrected chi connectivity index (χ1v) is 6.81. The van der Waals surface area contributed by atoms with Gasteiger partial charge in [-0.1, -0.05) is 41.9 Å². The van der Waals surface area contributed by atoms with Gasteiger partial charge in [-0.25, -0.2) is 0 Å². The molecule has 2 rings (SSSR count). The summed E-state index contributed by atoms with van der Waals surface area (Å²) in [7, 11) is 0. The van der Waals surface area contributed by atoms with Crippen molar-refractivity contribution in [2.45, 2.75) is 10.9 Å². The molecular formula is C14H14ClNS. The van der Waals surface area contributed by atoms with Crippen LogP contribution in [-0.2, 0) is 0 Å². The van der Waals surface area contributed by atoms with Crippen molar-refractivity contribution in [2.75, 3.05) is 5.75 Å². The van der Waals surface area contributed by atoms with Crippen molar-refractivity contribution in [1.29, 1.82) is 0 Å². The molecule has 17 heavy (non-hydrogen) atoms. The van der Waals surface area contributed by atoms with Gasteiger partial charge in [-0.3, -0.25) is 0 Å². The smallest absolute Gasteiger partial charge is 0.0406 e. The molecule has 1 atom stereocenters. The first kappa shape index (κ1) is 12.5. The SMILES string of the molecule is N[C@H](CSc1ccc(Cl)cc1)c1ccccc1. The third-order valence-corrected chi connectivity index (χ3v) is 3.85. The Bertz CT molecular complexity index is 455. The molecule has 0 bridgehead atoms. The maximum atomic E-state index is 6.13. The standard InChI is InChI=1S/C14H14ClNS/c15-12-6-8-13(9-7-12)17-10-14(16)11-4-2-1-3-5-11/h1-9,14H,10,16H2/t14-/m1/s1. The van der Waals surface area contributed by atoms with Crippen molar-refractivity contribution < 1.29 is 0 Å². The molecule has 0 radical (unpaired) electrons. The molecule has 2 aromatic rings. The molecule has 0 aromatic heterocycles. The molecule has 3 heteroatoms. The van der Waals surface area contributed by atoms with E-state index >= 15 is 0 Å². The van der Waals surface area contributed by atoms with Crippen LogP contribution in [0.15, 0.2) is 59.5 Å². The molecule has 1 nitrogen and oxygen atoms in total. The molecule has 0 aliphatic carbocycles. The Balaban J connectivity index is 1.92. The van der Waals surface area contributed by atoms with Gasteiger partial charge in [0.2, 0.25) is 0 Å². The highest BCUT2D eigenvalue weighted by Gasteiger charge is 2.05. The number of thioether (sulfide) groups is 1. The predicted octanol–water partition coefficient (Wildman–Crippen LogP) is 4.13. The number of nitrogens with two attached hydrogens (primary N) is 1. The van der Waals surface area contributed by atoms with Gasteiger partial charge in [0.05, 0.1) is 0 Å². The largest absolute Gasteiger partial charge is 0.323 e. The van der Waals surface area contributed by atoms with E-state index < -0.39 is 0 Å². The van der Waals surface area contributed by atoms with E-state index in [2.05, 4.69) is 12.1 Å². The third-order valence-electron chi connectivity index (χ3n) is 2.47. The number of halogens is 1. The molecular weight excluding hydrogens is 250 g/mol. The monoisotopic (exact) mass is 263 g/mol. The van der Waals surface area contributed by atoms with Crippen molar-refractivity contribution >= 4 is 23.4 Å². The summed E-state index contributed by atoms with van der Waals surface area (Å²) in [5, 5.41) is 0.765. The Hall–Kier alpha value is -0.960. The Kier molecular flexibility index (Phi) is 4.49. The van der Waals surface area contributed by atoms with Crippen molar-refractivity contribution in [1.82, 2.24) is 0 Å². The predicted molar refractivity (Wildman–Crippen MR) is 75.5 cm³/mol. The van der Waals surface area contributed by atoms with E-state index in [-0.39, 0.29) is 6.04 Å². The molecule has 88 valence electrons. The molecule has 0 saturated carbocycles. The first-order valence-electron chi connectivity index (χ1n) is 5.44. The van der Waals surface area contributed by atoms with Gasteiger partial charge in [-0.05, 0) is 29.8 Å². The topological polar surface area (TPSA) is 26.0 Å². The summed E-state index contributed by atoms with van der Waals surface area (Å²) in [6, 6.07) is 18.1. The average Bonchev–Trinajstić information content (AvgIpc) is 2.39. The number of hydrogen-bond donors (Lipinski definition) is 1. The normalized spacial score (nSPS) is 12.4. The maximum Gasteiger partial charge on any atom is 0.0406 e. The molecule has 0 amide bonds. The second-order valence-electron chi connectivity index (χ2n) is 3.78. The van der Waals surface area contributed by atoms with Crippen LogP contribution in [0.1, 0.15) is 11.6 Å². The van der Waals surface area contributed by atoms with Crippen LogP contribution in [0.2, 0.25) is 5.02 Å². The first-order chi connectivity index (χ1) is 8.25. The van der Waals surface area contributed by atoms with Crippen molar-refractivity contribution in [3.05, 3.63) is 65.2 Å². The van der Waals surface area contributed by atoms with Gasteiger partial charge in [0.1, 0.15) is 0 Å². The van der Waals surface area contributed by atoms with Gasteiger partial charge in [0, 0.05) is 21.7 Å². The average molecular weight is 264 g/mol. The van der Waals surface area contributed by atoms with E-state index in [1.54, 1.807) is 11.8 Å². The highest BCUT2D eigenvalue weighted by molar-refractivity contribution is 7.99. The van der Waals surface area contributed by atoms with Crippen LogP contribution in [0.5, 0.6) is 0 Å². The lowest BCUT2D eigenvalue weighted by Gasteiger charge is -2.11. The fourth-order valence-corrected chi connectivity index (χ4v) is 2.53. The second kappa shape index (κ2) is 6.10. The van der Waals surface area contributed by atoms with Gasteiger partial charge < -0.3 is 5.73 Å². The maximum absolute atomic E-state index is 6.13. The van der Waals surface area contributed by atoms with E-state index in [1.165, 1.54) is 10.5 Å². The number of hydrogen-bond acceptors (Lipinski definition) is 2. The third kappa shape index (κ3) is 3.77. The molecule has 0 spiro atoms. The summed E-state index contributed by atoms with van der Waals surface area (Å²) in [4.78, 5) is 1.20. The Labute approximate surface area is 111 Å². The Morgan fingerprint density at radius 3 is 2.29 bits per heavy atom. The molecule has 0 aliphatic rings. The van der Waals surface area contributed by atoms with Gasteiger partial charge in [-0.2, -0.15) is 0 Å². The highest BCUT2D eigenvalue weighted by atomic mass is 35.5. The van der Waals surface area contributed by atoms with E-state index in [4.69, 9.17) is 17.3 Å². The van der Waals surface area contributed by atoms with Crippen LogP contribution in [0.4, 0.5) is 0 Å². The number of rotatable bonds is 4. The minimum absolute atomic E-state index is 0.0666. The molecule has 2 aromatic carbocycles. The molecule has 0 fully saturated rings. The van der Waals surface area contributed by atoms with E-state index in [0.29, 0.717) is 0 Å².